The minimum absolute atomic E-state index is 0.267. The van der Waals surface area contributed by atoms with E-state index in [-0.39, 0.29) is 5.54 Å². The molecule has 1 heterocycles. The Balaban J connectivity index is 2.14. The van der Waals surface area contributed by atoms with E-state index in [1.54, 1.807) is 0 Å². The molecule has 1 aliphatic heterocycles. The number of hydrogen-bond donors (Lipinski definition) is 2. The van der Waals surface area contributed by atoms with Crippen LogP contribution < -0.4 is 5.32 Å². The zero-order valence-corrected chi connectivity index (χ0v) is 10.6. The highest BCUT2D eigenvalue weighted by Crippen LogP contribution is 2.23. The summed E-state index contributed by atoms with van der Waals surface area (Å²) >= 11 is 0. The third-order valence-electron chi connectivity index (χ3n) is 3.31. The molecule has 18 heavy (non-hydrogen) atoms. The van der Waals surface area contributed by atoms with Gasteiger partial charge >= 0.3 is 5.97 Å². The molecular formula is C14H19NO3. The lowest BCUT2D eigenvalue weighted by molar-refractivity contribution is -0.140. The average molecular weight is 249 g/mol. The number of nitrogens with one attached hydrogen (secondary N) is 1. The first-order valence-electron chi connectivity index (χ1n) is 6.24. The molecule has 2 N–H and O–H groups in total. The summed E-state index contributed by atoms with van der Waals surface area (Å²) < 4.78 is 5.45. The Hall–Kier alpha value is -1.39. The van der Waals surface area contributed by atoms with Crippen molar-refractivity contribution in [2.24, 2.45) is 0 Å². The van der Waals surface area contributed by atoms with Crippen LogP contribution in [0.5, 0.6) is 0 Å². The molecule has 0 bridgehead atoms. The van der Waals surface area contributed by atoms with Gasteiger partial charge in [0.15, 0.2) is 0 Å². The zero-order valence-electron chi connectivity index (χ0n) is 10.6. The van der Waals surface area contributed by atoms with Crippen molar-refractivity contribution in [2.75, 3.05) is 13.2 Å². The van der Waals surface area contributed by atoms with Crippen molar-refractivity contribution < 1.29 is 14.6 Å². The molecule has 1 aromatic rings. The number of carboxylic acids is 1. The number of ether oxygens (including phenoxy) is 1. The van der Waals surface area contributed by atoms with Gasteiger partial charge in [0.05, 0.1) is 6.61 Å². The second kappa shape index (κ2) is 5.50. The predicted molar refractivity (Wildman–Crippen MR) is 68.4 cm³/mol. The largest absolute Gasteiger partial charge is 0.480 e. The summed E-state index contributed by atoms with van der Waals surface area (Å²) in [5.74, 6) is -0.854. The van der Waals surface area contributed by atoms with Crippen molar-refractivity contribution in [2.45, 2.75) is 31.3 Å². The van der Waals surface area contributed by atoms with Crippen molar-refractivity contribution in [3.05, 3.63) is 35.9 Å². The highest BCUT2D eigenvalue weighted by atomic mass is 16.5. The summed E-state index contributed by atoms with van der Waals surface area (Å²) in [6, 6.07) is 8.57. The maximum atomic E-state index is 11.4. The Morgan fingerprint density at radius 2 is 2.17 bits per heavy atom. The molecule has 2 unspecified atom stereocenters. The van der Waals surface area contributed by atoms with Gasteiger partial charge in [0, 0.05) is 12.1 Å². The molecule has 0 aromatic heterocycles. The molecule has 2 rings (SSSR count). The molecule has 98 valence electrons. The minimum Gasteiger partial charge on any atom is -0.480 e. The second-order valence-electron chi connectivity index (χ2n) is 5.04. The molecule has 0 spiro atoms. The molecule has 4 nitrogen and oxygen atoms in total. The van der Waals surface area contributed by atoms with Crippen LogP contribution in [0.4, 0.5) is 0 Å². The van der Waals surface area contributed by atoms with E-state index < -0.39 is 12.0 Å². The van der Waals surface area contributed by atoms with Crippen molar-refractivity contribution in [1.29, 1.82) is 0 Å². The highest BCUT2D eigenvalue weighted by molar-refractivity contribution is 5.75. The lowest BCUT2D eigenvalue weighted by Gasteiger charge is -2.36. The average Bonchev–Trinajstić information content (AvgIpc) is 2.38. The van der Waals surface area contributed by atoms with Crippen LogP contribution in [-0.4, -0.2) is 29.8 Å². The normalized spacial score (nSPS) is 25.6. The minimum atomic E-state index is -0.854. The van der Waals surface area contributed by atoms with Gasteiger partial charge in [-0.2, -0.15) is 0 Å². The van der Waals surface area contributed by atoms with Crippen molar-refractivity contribution in [3.63, 3.8) is 0 Å². The Morgan fingerprint density at radius 1 is 1.44 bits per heavy atom. The molecule has 0 radical (unpaired) electrons. The number of hydrogen-bond acceptors (Lipinski definition) is 3. The number of benzene rings is 1. The van der Waals surface area contributed by atoms with Gasteiger partial charge in [0.1, 0.15) is 6.04 Å². The van der Waals surface area contributed by atoms with Crippen LogP contribution in [0.1, 0.15) is 31.4 Å². The van der Waals surface area contributed by atoms with Crippen LogP contribution in [0, 0.1) is 0 Å². The second-order valence-corrected chi connectivity index (χ2v) is 5.04. The third-order valence-corrected chi connectivity index (χ3v) is 3.31. The SMILES string of the molecule is CC1(NC(C(=O)O)c2ccccc2)CCCOC1. The zero-order chi connectivity index (χ0) is 13.0. The first-order valence-corrected chi connectivity index (χ1v) is 6.24. The van der Waals surface area contributed by atoms with Gasteiger partial charge in [-0.1, -0.05) is 30.3 Å². The molecule has 1 fully saturated rings. The van der Waals surface area contributed by atoms with Gasteiger partial charge in [-0.15, -0.1) is 0 Å². The molecule has 0 saturated carbocycles. The smallest absolute Gasteiger partial charge is 0.325 e. The third kappa shape index (κ3) is 3.09. The first-order chi connectivity index (χ1) is 8.61. The lowest BCUT2D eigenvalue weighted by atomic mass is 9.92. The van der Waals surface area contributed by atoms with E-state index in [4.69, 9.17) is 4.74 Å². The molecule has 0 aliphatic carbocycles. The summed E-state index contributed by atoms with van der Waals surface area (Å²) in [5.41, 5.74) is 0.508. The van der Waals surface area contributed by atoms with Crippen LogP contribution >= 0.6 is 0 Å². The lowest BCUT2D eigenvalue weighted by Crippen LogP contribution is -2.52. The van der Waals surface area contributed by atoms with E-state index in [0.29, 0.717) is 6.61 Å². The van der Waals surface area contributed by atoms with Crippen molar-refractivity contribution >= 4 is 5.97 Å². The number of carboxylic acid groups (broad SMARTS) is 1. The Bertz CT molecular complexity index is 399. The molecule has 1 aliphatic rings. The molecule has 1 saturated heterocycles. The number of aliphatic carboxylic acids is 1. The quantitative estimate of drug-likeness (QED) is 0.856. The number of carbonyl (C=O) groups is 1. The maximum absolute atomic E-state index is 11.4. The van der Waals surface area contributed by atoms with Gasteiger partial charge in [0.2, 0.25) is 0 Å². The van der Waals surface area contributed by atoms with Crippen molar-refractivity contribution in [3.8, 4) is 0 Å². The summed E-state index contributed by atoms with van der Waals surface area (Å²) in [6.45, 7) is 3.34. The Kier molecular flexibility index (Phi) is 3.99. The van der Waals surface area contributed by atoms with Crippen molar-refractivity contribution in [1.82, 2.24) is 5.32 Å². The van der Waals surface area contributed by atoms with Gasteiger partial charge in [0.25, 0.3) is 0 Å². The van der Waals surface area contributed by atoms with Gasteiger partial charge in [-0.3, -0.25) is 10.1 Å². The summed E-state index contributed by atoms with van der Waals surface area (Å²) in [4.78, 5) is 11.4. The van der Waals surface area contributed by atoms with Gasteiger partial charge < -0.3 is 9.84 Å². The molecule has 2 atom stereocenters. The van der Waals surface area contributed by atoms with E-state index in [2.05, 4.69) is 5.32 Å². The fraction of sp³-hybridized carbons (Fsp3) is 0.500. The van der Waals surface area contributed by atoms with E-state index in [1.165, 1.54) is 0 Å². The van der Waals surface area contributed by atoms with E-state index >= 15 is 0 Å². The Labute approximate surface area is 107 Å². The fourth-order valence-corrected chi connectivity index (χ4v) is 2.33. The van der Waals surface area contributed by atoms with Gasteiger partial charge in [-0.05, 0) is 25.3 Å². The van der Waals surface area contributed by atoms with Gasteiger partial charge in [-0.25, -0.2) is 0 Å². The molecular weight excluding hydrogens is 230 g/mol. The highest BCUT2D eigenvalue weighted by Gasteiger charge is 2.33. The summed E-state index contributed by atoms with van der Waals surface area (Å²) in [7, 11) is 0. The van der Waals surface area contributed by atoms with E-state index in [1.807, 2.05) is 37.3 Å². The summed E-state index contributed by atoms with van der Waals surface area (Å²) in [5, 5.41) is 12.6. The monoisotopic (exact) mass is 249 g/mol. The van der Waals surface area contributed by atoms with E-state index in [0.717, 1.165) is 25.0 Å². The summed E-state index contributed by atoms with van der Waals surface area (Å²) in [6.07, 6.45) is 1.90. The van der Waals surface area contributed by atoms with Crippen LogP contribution in [0.25, 0.3) is 0 Å². The van der Waals surface area contributed by atoms with Crippen LogP contribution in [0.15, 0.2) is 30.3 Å². The van der Waals surface area contributed by atoms with Crippen LogP contribution in [-0.2, 0) is 9.53 Å². The van der Waals surface area contributed by atoms with Crippen LogP contribution in [0.2, 0.25) is 0 Å². The van der Waals surface area contributed by atoms with E-state index in [9.17, 15) is 9.90 Å². The standard InChI is InChI=1S/C14H19NO3/c1-14(8-5-9-18-10-14)15-12(13(16)17)11-6-3-2-4-7-11/h2-4,6-7,12,15H,5,8-10H2,1H3,(H,16,17). The first kappa shape index (κ1) is 13.1. The number of rotatable bonds is 4. The maximum Gasteiger partial charge on any atom is 0.325 e. The fourth-order valence-electron chi connectivity index (χ4n) is 2.33. The Morgan fingerprint density at radius 3 is 2.72 bits per heavy atom. The molecule has 4 heteroatoms. The predicted octanol–water partition coefficient (Wildman–Crippen LogP) is 1.97. The topological polar surface area (TPSA) is 58.6 Å². The van der Waals surface area contributed by atoms with Crippen LogP contribution in [0.3, 0.4) is 0 Å². The molecule has 1 aromatic carbocycles. The molecule has 0 amide bonds.